The van der Waals surface area contributed by atoms with Gasteiger partial charge in [0.1, 0.15) is 11.5 Å². The second-order valence-corrected chi connectivity index (χ2v) is 12.3. The monoisotopic (exact) mass is 639 g/mol. The second-order valence-electron chi connectivity index (χ2n) is 12.3. The number of nitrogens with zero attached hydrogens (tertiary/aromatic N) is 7. The van der Waals surface area contributed by atoms with E-state index in [2.05, 4.69) is 111 Å². The van der Waals surface area contributed by atoms with E-state index in [1.54, 1.807) is 18.9 Å². The van der Waals surface area contributed by atoms with Crippen LogP contribution in [0.15, 0.2) is 116 Å². The van der Waals surface area contributed by atoms with Crippen molar-refractivity contribution < 1.29 is 9.47 Å². The lowest BCUT2D eigenvalue weighted by Gasteiger charge is -2.44. The van der Waals surface area contributed by atoms with E-state index < -0.39 is 0 Å². The molecule has 9 heteroatoms. The van der Waals surface area contributed by atoms with Crippen molar-refractivity contribution in [2.75, 3.05) is 45.3 Å². The SMILES string of the molecule is COc1cc(OC)cc(N(CC2CN(Cc3ccccc3)CCN2Cc2ccccc2)c2ccc3ncc(-c4cnn(C)c4)nc3c2)c1. The molecule has 0 N–H and O–H groups in total. The first-order chi connectivity index (χ1) is 23.5. The highest BCUT2D eigenvalue weighted by Crippen LogP contribution is 2.35. The van der Waals surface area contributed by atoms with Gasteiger partial charge in [0, 0.05) is 93.7 Å². The van der Waals surface area contributed by atoms with E-state index in [1.165, 1.54) is 11.1 Å². The van der Waals surface area contributed by atoms with Crippen LogP contribution in [0.5, 0.6) is 11.5 Å². The zero-order valence-electron chi connectivity index (χ0n) is 27.7. The second kappa shape index (κ2) is 14.3. The molecule has 0 amide bonds. The molecule has 0 spiro atoms. The summed E-state index contributed by atoms with van der Waals surface area (Å²) < 4.78 is 13.3. The molecule has 7 rings (SSSR count). The van der Waals surface area contributed by atoms with E-state index in [0.717, 1.165) is 84.4 Å². The van der Waals surface area contributed by atoms with Crippen molar-refractivity contribution >= 4 is 22.4 Å². The summed E-state index contributed by atoms with van der Waals surface area (Å²) in [7, 11) is 5.29. The highest BCUT2D eigenvalue weighted by molar-refractivity contribution is 5.82. The number of aromatic nitrogens is 4. The average molecular weight is 640 g/mol. The quantitative estimate of drug-likeness (QED) is 0.158. The van der Waals surface area contributed by atoms with Crippen molar-refractivity contribution in [3.05, 3.63) is 127 Å². The Kier molecular flexibility index (Phi) is 9.31. The zero-order valence-corrected chi connectivity index (χ0v) is 27.7. The van der Waals surface area contributed by atoms with Gasteiger partial charge in [-0.3, -0.25) is 19.5 Å². The van der Waals surface area contributed by atoms with Gasteiger partial charge in [-0.2, -0.15) is 5.10 Å². The summed E-state index contributed by atoms with van der Waals surface area (Å²) in [6, 6.07) is 34.2. The van der Waals surface area contributed by atoms with Crippen molar-refractivity contribution in [1.82, 2.24) is 29.5 Å². The topological polar surface area (TPSA) is 71.8 Å². The average Bonchev–Trinajstić information content (AvgIpc) is 3.57. The smallest absolute Gasteiger partial charge is 0.124 e. The molecule has 9 nitrogen and oxygen atoms in total. The summed E-state index contributed by atoms with van der Waals surface area (Å²) in [4.78, 5) is 17.4. The van der Waals surface area contributed by atoms with E-state index in [0.29, 0.717) is 0 Å². The Bertz CT molecular complexity index is 1940. The number of hydrogen-bond donors (Lipinski definition) is 0. The van der Waals surface area contributed by atoms with E-state index in [1.807, 2.05) is 31.7 Å². The van der Waals surface area contributed by atoms with Gasteiger partial charge < -0.3 is 14.4 Å². The summed E-state index contributed by atoms with van der Waals surface area (Å²) >= 11 is 0. The van der Waals surface area contributed by atoms with Gasteiger partial charge in [-0.05, 0) is 29.3 Å². The summed E-state index contributed by atoms with van der Waals surface area (Å²) in [6.07, 6.45) is 5.59. The Hall–Kier alpha value is -5.25. The molecule has 1 saturated heterocycles. The van der Waals surface area contributed by atoms with Gasteiger partial charge in [-0.15, -0.1) is 0 Å². The Morgan fingerprint density at radius 2 is 1.46 bits per heavy atom. The lowest BCUT2D eigenvalue weighted by Crippen LogP contribution is -2.55. The van der Waals surface area contributed by atoms with E-state index in [-0.39, 0.29) is 6.04 Å². The number of rotatable bonds is 11. The number of hydrogen-bond acceptors (Lipinski definition) is 8. The molecular weight excluding hydrogens is 598 g/mol. The molecule has 0 saturated carbocycles. The van der Waals surface area contributed by atoms with Crippen molar-refractivity contribution in [3.63, 3.8) is 0 Å². The zero-order chi connectivity index (χ0) is 32.9. The van der Waals surface area contributed by atoms with Gasteiger partial charge in [-0.25, -0.2) is 4.98 Å². The fourth-order valence-corrected chi connectivity index (χ4v) is 6.52. The number of benzene rings is 4. The highest BCUT2D eigenvalue weighted by atomic mass is 16.5. The molecule has 2 aromatic heterocycles. The van der Waals surface area contributed by atoms with E-state index in [4.69, 9.17) is 19.4 Å². The molecule has 1 fully saturated rings. The molecule has 1 aliphatic rings. The van der Waals surface area contributed by atoms with Gasteiger partial charge in [0.15, 0.2) is 0 Å². The van der Waals surface area contributed by atoms with Crippen LogP contribution in [0.1, 0.15) is 11.1 Å². The lowest BCUT2D eigenvalue weighted by molar-refractivity contribution is 0.0682. The van der Waals surface area contributed by atoms with Crippen LogP contribution in [0.3, 0.4) is 0 Å². The van der Waals surface area contributed by atoms with Gasteiger partial charge >= 0.3 is 0 Å². The summed E-state index contributed by atoms with van der Waals surface area (Å²) in [5.41, 5.74) is 8.05. The van der Waals surface area contributed by atoms with Crippen LogP contribution in [-0.4, -0.2) is 76.0 Å². The molecule has 48 heavy (non-hydrogen) atoms. The predicted molar refractivity (Wildman–Crippen MR) is 191 cm³/mol. The largest absolute Gasteiger partial charge is 0.497 e. The third kappa shape index (κ3) is 7.17. The van der Waals surface area contributed by atoms with Crippen LogP contribution in [0.25, 0.3) is 22.3 Å². The van der Waals surface area contributed by atoms with Gasteiger partial charge in [0.25, 0.3) is 0 Å². The third-order valence-corrected chi connectivity index (χ3v) is 9.05. The Labute approximate surface area is 282 Å². The Balaban J connectivity index is 1.28. The van der Waals surface area contributed by atoms with Crippen LogP contribution in [0, 0.1) is 0 Å². The maximum atomic E-state index is 5.74. The van der Waals surface area contributed by atoms with Crippen molar-refractivity contribution in [3.8, 4) is 22.8 Å². The lowest BCUT2D eigenvalue weighted by atomic mass is 10.1. The molecule has 4 aromatic carbocycles. The van der Waals surface area contributed by atoms with Crippen LogP contribution < -0.4 is 14.4 Å². The Morgan fingerprint density at radius 1 is 0.750 bits per heavy atom. The number of ether oxygens (including phenoxy) is 2. The summed E-state index contributed by atoms with van der Waals surface area (Å²) in [5.74, 6) is 1.48. The molecule has 0 aliphatic carbocycles. The maximum Gasteiger partial charge on any atom is 0.124 e. The number of anilines is 2. The van der Waals surface area contributed by atoms with E-state index >= 15 is 0 Å². The molecule has 244 valence electrons. The predicted octanol–water partition coefficient (Wildman–Crippen LogP) is 6.57. The number of aryl methyl sites for hydroxylation is 1. The highest BCUT2D eigenvalue weighted by Gasteiger charge is 2.30. The molecule has 1 aliphatic heterocycles. The Morgan fingerprint density at radius 3 is 2.12 bits per heavy atom. The molecular formula is C39H41N7O2. The first kappa shape index (κ1) is 31.4. The summed E-state index contributed by atoms with van der Waals surface area (Å²) in [5, 5.41) is 4.33. The maximum absolute atomic E-state index is 5.74. The van der Waals surface area contributed by atoms with E-state index in [9.17, 15) is 0 Å². The number of fused-ring (bicyclic) bond motifs is 1. The standard InChI is InChI=1S/C39H41N7O2/c1-43-26-31(22-41-43)39-23-40-37-15-14-32(20-38(37)42-39)46(33-18-35(47-2)21-36(19-33)48-3)28-34-27-44(24-29-10-6-4-7-11-29)16-17-45(34)25-30-12-8-5-9-13-30/h4-15,18-23,26,34H,16-17,24-25,27-28H2,1-3H3. The molecule has 0 bridgehead atoms. The van der Waals surface area contributed by atoms with Crippen LogP contribution >= 0.6 is 0 Å². The molecule has 1 unspecified atom stereocenters. The minimum absolute atomic E-state index is 0.225. The van der Waals surface area contributed by atoms with Gasteiger partial charge in [0.2, 0.25) is 0 Å². The molecule has 1 atom stereocenters. The summed E-state index contributed by atoms with van der Waals surface area (Å²) in [6.45, 7) is 5.46. The fourth-order valence-electron chi connectivity index (χ4n) is 6.52. The fraction of sp³-hybridized carbons (Fsp3) is 0.256. The van der Waals surface area contributed by atoms with Crippen LogP contribution in [-0.2, 0) is 20.1 Å². The molecule has 3 heterocycles. The first-order valence-corrected chi connectivity index (χ1v) is 16.4. The van der Waals surface area contributed by atoms with Crippen molar-refractivity contribution in [2.24, 2.45) is 7.05 Å². The van der Waals surface area contributed by atoms with Gasteiger partial charge in [-0.1, -0.05) is 60.7 Å². The van der Waals surface area contributed by atoms with Crippen LogP contribution in [0.4, 0.5) is 11.4 Å². The minimum Gasteiger partial charge on any atom is -0.497 e. The van der Waals surface area contributed by atoms with Crippen LogP contribution in [0.2, 0.25) is 0 Å². The number of piperazine rings is 1. The van der Waals surface area contributed by atoms with Crippen molar-refractivity contribution in [1.29, 1.82) is 0 Å². The number of methoxy groups -OCH3 is 2. The minimum atomic E-state index is 0.225. The van der Waals surface area contributed by atoms with Crippen molar-refractivity contribution in [2.45, 2.75) is 19.1 Å². The third-order valence-electron chi connectivity index (χ3n) is 9.05. The van der Waals surface area contributed by atoms with Gasteiger partial charge in [0.05, 0.1) is 43.3 Å². The molecule has 0 radical (unpaired) electrons. The molecule has 6 aromatic rings. The first-order valence-electron chi connectivity index (χ1n) is 16.4. The normalized spacial score (nSPS) is 15.4.